The van der Waals surface area contributed by atoms with Gasteiger partial charge in [0.1, 0.15) is 11.5 Å². The van der Waals surface area contributed by atoms with Crippen LogP contribution < -0.4 is 0 Å². The quantitative estimate of drug-likeness (QED) is 0.263. The number of carbonyl (C=O) groups excluding carboxylic acids is 3. The molecule has 0 radical (unpaired) electrons. The second-order valence-corrected chi connectivity index (χ2v) is 7.10. The van der Waals surface area contributed by atoms with Gasteiger partial charge in [-0.15, -0.1) is 0 Å². The minimum absolute atomic E-state index is 0.0597. The zero-order chi connectivity index (χ0) is 21.8. The Kier molecular flexibility index (Phi) is 6.30. The Morgan fingerprint density at radius 3 is 2.20 bits per heavy atom. The molecule has 0 atom stereocenters. The first-order valence-corrected chi connectivity index (χ1v) is 9.95. The molecule has 0 amide bonds. The normalized spacial score (nSPS) is 13.1. The SMILES string of the molecule is CCCC/C(=N\OC(=O)CCC)c1cc(O)c2c(c1O)C(=O)c1ccccc1C2=O. The Bertz CT molecular complexity index is 1050. The molecule has 156 valence electrons. The second-order valence-electron chi connectivity index (χ2n) is 7.10. The van der Waals surface area contributed by atoms with E-state index in [2.05, 4.69) is 5.16 Å². The van der Waals surface area contributed by atoms with Crippen molar-refractivity contribution in [3.8, 4) is 11.5 Å². The van der Waals surface area contributed by atoms with Gasteiger partial charge in [-0.3, -0.25) is 9.59 Å². The van der Waals surface area contributed by atoms with E-state index in [9.17, 15) is 24.6 Å². The maximum atomic E-state index is 13.0. The first-order valence-electron chi connectivity index (χ1n) is 9.95. The Hall–Kier alpha value is -3.48. The molecule has 1 aliphatic carbocycles. The third kappa shape index (κ3) is 3.83. The lowest BCUT2D eigenvalue weighted by Gasteiger charge is -2.21. The highest BCUT2D eigenvalue weighted by Gasteiger charge is 2.36. The van der Waals surface area contributed by atoms with Gasteiger partial charge in [-0.2, -0.15) is 0 Å². The smallest absolute Gasteiger partial charge is 0.335 e. The molecular formula is C23H23NO6. The average molecular weight is 409 g/mol. The van der Waals surface area contributed by atoms with Gasteiger partial charge in [0.05, 0.1) is 16.8 Å². The van der Waals surface area contributed by atoms with Crippen molar-refractivity contribution >= 4 is 23.2 Å². The number of hydrogen-bond donors (Lipinski definition) is 2. The molecule has 0 spiro atoms. The summed E-state index contributed by atoms with van der Waals surface area (Å²) >= 11 is 0. The summed E-state index contributed by atoms with van der Waals surface area (Å²) in [6.45, 7) is 3.79. The number of phenolic OH excluding ortho intramolecular Hbond substituents is 2. The van der Waals surface area contributed by atoms with Gasteiger partial charge in [-0.1, -0.05) is 49.7 Å². The fourth-order valence-corrected chi connectivity index (χ4v) is 3.41. The van der Waals surface area contributed by atoms with Crippen molar-refractivity contribution in [1.29, 1.82) is 0 Å². The number of phenols is 2. The number of aromatic hydroxyl groups is 2. The monoisotopic (exact) mass is 409 g/mol. The molecule has 0 heterocycles. The second kappa shape index (κ2) is 8.90. The molecule has 0 aliphatic heterocycles. The topological polar surface area (TPSA) is 113 Å². The lowest BCUT2D eigenvalue weighted by atomic mass is 9.81. The number of carbonyl (C=O) groups is 3. The van der Waals surface area contributed by atoms with Gasteiger partial charge < -0.3 is 15.1 Å². The molecule has 0 unspecified atom stereocenters. The van der Waals surface area contributed by atoms with Crippen LogP contribution in [0.2, 0.25) is 0 Å². The number of ketones is 2. The molecule has 2 aromatic rings. The number of oxime groups is 1. The van der Waals surface area contributed by atoms with E-state index in [1.165, 1.54) is 18.2 Å². The van der Waals surface area contributed by atoms with E-state index in [0.717, 1.165) is 6.42 Å². The number of rotatable bonds is 7. The zero-order valence-electron chi connectivity index (χ0n) is 16.9. The molecule has 0 saturated carbocycles. The molecule has 2 N–H and O–H groups in total. The summed E-state index contributed by atoms with van der Waals surface area (Å²) in [5.74, 6) is -2.52. The van der Waals surface area contributed by atoms with Crippen molar-refractivity contribution in [1.82, 2.24) is 0 Å². The number of unbranched alkanes of at least 4 members (excludes halogenated alkanes) is 1. The molecule has 7 heteroatoms. The van der Waals surface area contributed by atoms with Crippen LogP contribution in [0, 0.1) is 0 Å². The van der Waals surface area contributed by atoms with Crippen molar-refractivity contribution < 1.29 is 29.4 Å². The van der Waals surface area contributed by atoms with Crippen molar-refractivity contribution in [3.05, 3.63) is 58.1 Å². The molecule has 30 heavy (non-hydrogen) atoms. The highest BCUT2D eigenvalue weighted by atomic mass is 16.7. The number of benzene rings is 2. The lowest BCUT2D eigenvalue weighted by molar-refractivity contribution is -0.143. The van der Waals surface area contributed by atoms with Crippen LogP contribution in [-0.2, 0) is 9.63 Å². The van der Waals surface area contributed by atoms with Gasteiger partial charge in [-0.05, 0) is 25.3 Å². The molecule has 1 aliphatic rings. The Labute approximate surface area is 174 Å². The molecule has 2 aromatic carbocycles. The Morgan fingerprint density at radius 2 is 1.60 bits per heavy atom. The highest BCUT2D eigenvalue weighted by molar-refractivity contribution is 6.31. The van der Waals surface area contributed by atoms with Crippen LogP contribution in [-0.4, -0.2) is 33.5 Å². The van der Waals surface area contributed by atoms with Crippen molar-refractivity contribution in [2.24, 2.45) is 5.16 Å². The van der Waals surface area contributed by atoms with Crippen LogP contribution in [0.25, 0.3) is 0 Å². The van der Waals surface area contributed by atoms with E-state index < -0.39 is 29.0 Å². The zero-order valence-corrected chi connectivity index (χ0v) is 16.9. The van der Waals surface area contributed by atoms with Crippen LogP contribution >= 0.6 is 0 Å². The van der Waals surface area contributed by atoms with E-state index in [1.807, 2.05) is 13.8 Å². The Morgan fingerprint density at radius 1 is 0.967 bits per heavy atom. The van der Waals surface area contributed by atoms with Gasteiger partial charge in [0, 0.05) is 23.1 Å². The number of fused-ring (bicyclic) bond motifs is 2. The van der Waals surface area contributed by atoms with Gasteiger partial charge in [0.25, 0.3) is 0 Å². The predicted octanol–water partition coefficient (Wildman–Crippen LogP) is 4.11. The van der Waals surface area contributed by atoms with Crippen LogP contribution in [0.1, 0.15) is 83.4 Å². The number of nitrogens with zero attached hydrogens (tertiary/aromatic N) is 1. The summed E-state index contributed by atoms with van der Waals surface area (Å²) in [5, 5.41) is 25.4. The fraction of sp³-hybridized carbons (Fsp3) is 0.304. The summed E-state index contributed by atoms with van der Waals surface area (Å²) in [6.07, 6.45) is 2.62. The first-order chi connectivity index (χ1) is 14.4. The minimum Gasteiger partial charge on any atom is -0.507 e. The van der Waals surface area contributed by atoms with Crippen LogP contribution in [0.3, 0.4) is 0 Å². The van der Waals surface area contributed by atoms with Gasteiger partial charge >= 0.3 is 5.97 Å². The predicted molar refractivity (Wildman–Crippen MR) is 110 cm³/mol. The van der Waals surface area contributed by atoms with Gasteiger partial charge in [-0.25, -0.2) is 4.79 Å². The fourth-order valence-electron chi connectivity index (χ4n) is 3.41. The third-order valence-corrected chi connectivity index (χ3v) is 4.94. The van der Waals surface area contributed by atoms with Crippen LogP contribution in [0.4, 0.5) is 0 Å². The Balaban J connectivity index is 2.13. The van der Waals surface area contributed by atoms with Crippen LogP contribution in [0.5, 0.6) is 11.5 Å². The summed E-state index contributed by atoms with van der Waals surface area (Å²) in [5.41, 5.74) is 0.102. The summed E-state index contributed by atoms with van der Waals surface area (Å²) in [4.78, 5) is 42.5. The van der Waals surface area contributed by atoms with Crippen molar-refractivity contribution in [2.45, 2.75) is 46.0 Å². The average Bonchev–Trinajstić information content (AvgIpc) is 2.74. The molecule has 0 saturated heterocycles. The maximum absolute atomic E-state index is 13.0. The van der Waals surface area contributed by atoms with Gasteiger partial charge in [0.2, 0.25) is 0 Å². The van der Waals surface area contributed by atoms with E-state index in [4.69, 9.17) is 4.84 Å². The molecule has 0 bridgehead atoms. The molecule has 7 nitrogen and oxygen atoms in total. The molecule has 0 fully saturated rings. The van der Waals surface area contributed by atoms with E-state index in [-0.39, 0.29) is 39.9 Å². The highest BCUT2D eigenvalue weighted by Crippen LogP contribution is 2.40. The summed E-state index contributed by atoms with van der Waals surface area (Å²) in [6, 6.07) is 7.44. The van der Waals surface area contributed by atoms with E-state index >= 15 is 0 Å². The lowest BCUT2D eigenvalue weighted by Crippen LogP contribution is -2.22. The van der Waals surface area contributed by atoms with E-state index in [0.29, 0.717) is 19.3 Å². The van der Waals surface area contributed by atoms with Crippen LogP contribution in [0.15, 0.2) is 35.5 Å². The number of hydrogen-bond acceptors (Lipinski definition) is 7. The van der Waals surface area contributed by atoms with Crippen molar-refractivity contribution in [3.63, 3.8) is 0 Å². The summed E-state index contributed by atoms with van der Waals surface area (Å²) in [7, 11) is 0. The van der Waals surface area contributed by atoms with E-state index in [1.54, 1.807) is 12.1 Å². The van der Waals surface area contributed by atoms with Crippen molar-refractivity contribution in [2.75, 3.05) is 0 Å². The standard InChI is InChI=1S/C23H23NO6/c1-3-5-11-16(24-30-18(26)8-4-2)15-12-17(25)19-20(23(15)29)22(28)14-10-7-6-9-13(14)21(19)27/h6-7,9-10,12,25,29H,3-5,8,11H2,1-2H3/b24-16+. The third-order valence-electron chi connectivity index (χ3n) is 4.94. The largest absolute Gasteiger partial charge is 0.507 e. The molecule has 0 aromatic heterocycles. The summed E-state index contributed by atoms with van der Waals surface area (Å²) < 4.78 is 0. The minimum atomic E-state index is -0.562. The maximum Gasteiger partial charge on any atom is 0.335 e. The molecule has 3 rings (SSSR count). The van der Waals surface area contributed by atoms with Gasteiger partial charge in [0.15, 0.2) is 11.6 Å². The first kappa shape index (κ1) is 21.2. The molecular weight excluding hydrogens is 386 g/mol.